The van der Waals surface area contributed by atoms with E-state index in [1.54, 1.807) is 31.2 Å². The number of anilines is 2. The Morgan fingerprint density at radius 3 is 2.28 bits per heavy atom. The van der Waals surface area contributed by atoms with Crippen molar-refractivity contribution in [3.63, 3.8) is 0 Å². The number of amides is 2. The van der Waals surface area contributed by atoms with Crippen molar-refractivity contribution < 1.29 is 14.3 Å². The lowest BCUT2D eigenvalue weighted by molar-refractivity contribution is -0.122. The van der Waals surface area contributed by atoms with Gasteiger partial charge in [0.05, 0.1) is 0 Å². The predicted octanol–water partition coefficient (Wildman–Crippen LogP) is 6.17. The number of hydrogen-bond donors (Lipinski definition) is 2. The molecule has 0 aliphatic rings. The average molecular weight is 431 g/mol. The quantitative estimate of drug-likeness (QED) is 0.449. The van der Waals surface area contributed by atoms with Gasteiger partial charge in [-0.2, -0.15) is 0 Å². The molecule has 3 aromatic carbocycles. The van der Waals surface area contributed by atoms with E-state index in [1.165, 1.54) is 0 Å². The first kappa shape index (κ1) is 23.1. The Bertz CT molecular complexity index is 1080. The van der Waals surface area contributed by atoms with Crippen LogP contribution in [0.15, 0.2) is 72.8 Å². The summed E-state index contributed by atoms with van der Waals surface area (Å²) in [5, 5.41) is 5.81. The van der Waals surface area contributed by atoms with Crippen molar-refractivity contribution in [3.05, 3.63) is 89.5 Å². The molecule has 5 nitrogen and oxygen atoms in total. The third-order valence-electron chi connectivity index (χ3n) is 5.51. The SMILES string of the molecule is CCC(C)c1ccccc1OC(C)C(=O)Nc1ccc(NC(=O)c2ccccc2)c(C)c1. The fourth-order valence-corrected chi connectivity index (χ4v) is 3.37. The number of hydrogen-bond acceptors (Lipinski definition) is 3. The van der Waals surface area contributed by atoms with E-state index in [2.05, 4.69) is 24.5 Å². The number of carbonyl (C=O) groups excluding carboxylic acids is 2. The molecule has 5 heteroatoms. The van der Waals surface area contributed by atoms with Crippen LogP contribution in [0, 0.1) is 6.92 Å². The molecule has 166 valence electrons. The second-order valence-corrected chi connectivity index (χ2v) is 7.95. The highest BCUT2D eigenvalue weighted by Crippen LogP contribution is 2.29. The fourth-order valence-electron chi connectivity index (χ4n) is 3.37. The Kier molecular flexibility index (Phi) is 7.66. The molecule has 0 aliphatic heterocycles. The molecule has 2 atom stereocenters. The lowest BCUT2D eigenvalue weighted by Gasteiger charge is -2.20. The summed E-state index contributed by atoms with van der Waals surface area (Å²) in [6.45, 7) is 7.91. The van der Waals surface area contributed by atoms with Gasteiger partial charge in [-0.15, -0.1) is 0 Å². The fraction of sp³-hybridized carbons (Fsp3) is 0.259. The van der Waals surface area contributed by atoms with Gasteiger partial charge in [-0.3, -0.25) is 9.59 Å². The molecule has 0 spiro atoms. The van der Waals surface area contributed by atoms with E-state index in [9.17, 15) is 9.59 Å². The highest BCUT2D eigenvalue weighted by atomic mass is 16.5. The number of benzene rings is 3. The molecule has 0 fully saturated rings. The van der Waals surface area contributed by atoms with Gasteiger partial charge in [-0.1, -0.05) is 50.2 Å². The summed E-state index contributed by atoms with van der Waals surface area (Å²) in [7, 11) is 0. The van der Waals surface area contributed by atoms with Gasteiger partial charge >= 0.3 is 0 Å². The van der Waals surface area contributed by atoms with Crippen LogP contribution in [0.5, 0.6) is 5.75 Å². The Balaban J connectivity index is 1.64. The summed E-state index contributed by atoms with van der Waals surface area (Å²) in [5.74, 6) is 0.680. The van der Waals surface area contributed by atoms with Gasteiger partial charge in [0.15, 0.2) is 6.10 Å². The van der Waals surface area contributed by atoms with Gasteiger partial charge < -0.3 is 15.4 Å². The number of para-hydroxylation sites is 1. The molecule has 2 N–H and O–H groups in total. The maximum absolute atomic E-state index is 12.7. The number of carbonyl (C=O) groups is 2. The number of rotatable bonds is 8. The van der Waals surface area contributed by atoms with E-state index in [-0.39, 0.29) is 11.8 Å². The van der Waals surface area contributed by atoms with Crippen LogP contribution >= 0.6 is 0 Å². The van der Waals surface area contributed by atoms with Gasteiger partial charge in [-0.25, -0.2) is 0 Å². The van der Waals surface area contributed by atoms with Crippen LogP contribution in [0.25, 0.3) is 0 Å². The van der Waals surface area contributed by atoms with Crippen molar-refractivity contribution in [1.82, 2.24) is 0 Å². The zero-order valence-corrected chi connectivity index (χ0v) is 19.0. The summed E-state index contributed by atoms with van der Waals surface area (Å²) < 4.78 is 5.99. The Hall–Kier alpha value is -3.60. The first-order valence-corrected chi connectivity index (χ1v) is 10.9. The second-order valence-electron chi connectivity index (χ2n) is 7.95. The van der Waals surface area contributed by atoms with Crippen molar-refractivity contribution in [3.8, 4) is 5.75 Å². The van der Waals surface area contributed by atoms with Crippen LogP contribution in [-0.4, -0.2) is 17.9 Å². The van der Waals surface area contributed by atoms with Crippen LogP contribution in [0.3, 0.4) is 0 Å². The monoisotopic (exact) mass is 430 g/mol. The largest absolute Gasteiger partial charge is 0.481 e. The minimum atomic E-state index is -0.655. The van der Waals surface area contributed by atoms with E-state index in [0.29, 0.717) is 22.9 Å². The molecule has 3 aromatic rings. The van der Waals surface area contributed by atoms with Gasteiger partial charge in [0.2, 0.25) is 0 Å². The lowest BCUT2D eigenvalue weighted by Crippen LogP contribution is -2.30. The summed E-state index contributed by atoms with van der Waals surface area (Å²) in [4.78, 5) is 25.1. The molecule has 2 unspecified atom stereocenters. The molecular weight excluding hydrogens is 400 g/mol. The molecule has 0 radical (unpaired) electrons. The first-order valence-electron chi connectivity index (χ1n) is 10.9. The van der Waals surface area contributed by atoms with Crippen LogP contribution < -0.4 is 15.4 Å². The smallest absolute Gasteiger partial charge is 0.265 e. The van der Waals surface area contributed by atoms with E-state index in [0.717, 1.165) is 23.3 Å². The molecule has 0 bridgehead atoms. The van der Waals surface area contributed by atoms with Crippen molar-refractivity contribution in [2.24, 2.45) is 0 Å². The molecule has 0 heterocycles. The van der Waals surface area contributed by atoms with E-state index in [1.807, 2.05) is 55.5 Å². The number of nitrogens with one attached hydrogen (secondary N) is 2. The average Bonchev–Trinajstić information content (AvgIpc) is 2.81. The minimum absolute atomic E-state index is 0.174. The molecule has 32 heavy (non-hydrogen) atoms. The highest BCUT2D eigenvalue weighted by molar-refractivity contribution is 6.04. The molecule has 0 saturated carbocycles. The van der Waals surface area contributed by atoms with Crippen LogP contribution in [0.4, 0.5) is 11.4 Å². The Morgan fingerprint density at radius 1 is 0.906 bits per heavy atom. The summed E-state index contributed by atoms with van der Waals surface area (Å²) in [6.07, 6.45) is 0.339. The van der Waals surface area contributed by atoms with Gasteiger partial charge in [-0.05, 0) is 73.7 Å². The first-order chi connectivity index (χ1) is 15.4. The van der Waals surface area contributed by atoms with Crippen molar-refractivity contribution in [2.75, 3.05) is 10.6 Å². The molecule has 0 saturated heterocycles. The maximum Gasteiger partial charge on any atom is 0.265 e. The normalized spacial score (nSPS) is 12.5. The maximum atomic E-state index is 12.7. The summed E-state index contributed by atoms with van der Waals surface area (Å²) >= 11 is 0. The van der Waals surface area contributed by atoms with Gasteiger partial charge in [0.1, 0.15) is 5.75 Å². The molecule has 0 aromatic heterocycles. The lowest BCUT2D eigenvalue weighted by atomic mass is 9.98. The third-order valence-corrected chi connectivity index (χ3v) is 5.51. The van der Waals surface area contributed by atoms with Crippen LogP contribution in [-0.2, 0) is 4.79 Å². The van der Waals surface area contributed by atoms with Crippen molar-refractivity contribution in [2.45, 2.75) is 46.1 Å². The van der Waals surface area contributed by atoms with Crippen LogP contribution in [0.2, 0.25) is 0 Å². The molecular formula is C27H30N2O3. The van der Waals surface area contributed by atoms with E-state index in [4.69, 9.17) is 4.74 Å². The predicted molar refractivity (Wildman–Crippen MR) is 129 cm³/mol. The summed E-state index contributed by atoms with van der Waals surface area (Å²) in [6, 6.07) is 22.3. The number of aryl methyl sites for hydroxylation is 1. The number of ether oxygens (including phenoxy) is 1. The third kappa shape index (κ3) is 5.76. The van der Waals surface area contributed by atoms with Crippen molar-refractivity contribution in [1.29, 1.82) is 0 Å². The van der Waals surface area contributed by atoms with E-state index >= 15 is 0 Å². The van der Waals surface area contributed by atoms with Crippen molar-refractivity contribution >= 4 is 23.2 Å². The van der Waals surface area contributed by atoms with E-state index < -0.39 is 6.10 Å². The van der Waals surface area contributed by atoms with Gasteiger partial charge in [0, 0.05) is 16.9 Å². The Labute approximate surface area is 189 Å². The zero-order valence-electron chi connectivity index (χ0n) is 19.0. The minimum Gasteiger partial charge on any atom is -0.481 e. The zero-order chi connectivity index (χ0) is 23.1. The topological polar surface area (TPSA) is 67.4 Å². The second kappa shape index (κ2) is 10.6. The van der Waals surface area contributed by atoms with Crippen LogP contribution in [0.1, 0.15) is 54.6 Å². The molecule has 3 rings (SSSR count). The summed E-state index contributed by atoms with van der Waals surface area (Å²) in [5.41, 5.74) is 3.89. The molecule has 2 amide bonds. The highest BCUT2D eigenvalue weighted by Gasteiger charge is 2.18. The van der Waals surface area contributed by atoms with Gasteiger partial charge in [0.25, 0.3) is 11.8 Å². The Morgan fingerprint density at radius 2 is 1.59 bits per heavy atom. The standard InChI is InChI=1S/C27H30N2O3/c1-5-18(2)23-13-9-10-14-25(23)32-20(4)26(30)28-22-15-16-24(19(3)17-22)29-27(31)21-11-7-6-8-12-21/h6-18,20H,5H2,1-4H3,(H,28,30)(H,29,31). The molecule has 0 aliphatic carbocycles.